The molecule has 0 aliphatic carbocycles. The van der Waals surface area contributed by atoms with Gasteiger partial charge in [-0.15, -0.1) is 0 Å². The van der Waals surface area contributed by atoms with E-state index in [4.69, 9.17) is 11.6 Å². The summed E-state index contributed by atoms with van der Waals surface area (Å²) >= 11 is 0. The van der Waals surface area contributed by atoms with E-state index in [9.17, 15) is 4.39 Å². The number of rotatable bonds is 8. The molecule has 166 valence electrons. The van der Waals surface area contributed by atoms with Crippen LogP contribution in [0.3, 0.4) is 0 Å². The fraction of sp³-hybridized carbons (Fsp3) is 0.364. The van der Waals surface area contributed by atoms with Crippen molar-refractivity contribution < 1.29 is 4.39 Å². The molecule has 0 saturated carbocycles. The summed E-state index contributed by atoms with van der Waals surface area (Å²) in [4.78, 5) is 13.7. The van der Waals surface area contributed by atoms with Gasteiger partial charge in [-0.05, 0) is 31.9 Å². The molecule has 2 atom stereocenters. The normalized spacial score (nSPS) is 21.8. The number of allylic oxidation sites excluding steroid dienone is 3. The minimum Gasteiger partial charge on any atom is -0.396 e. The smallest absolute Gasteiger partial charge is 0.227 e. The lowest BCUT2D eigenvalue weighted by molar-refractivity contribution is 0.0913. The summed E-state index contributed by atoms with van der Waals surface area (Å²) in [6, 6.07) is 0.749. The average Bonchev–Trinajstić information content (AvgIpc) is 3.15. The molecule has 0 aromatic carbocycles. The van der Waals surface area contributed by atoms with E-state index in [2.05, 4.69) is 57.2 Å². The number of halogens is 1. The number of nitrogens with zero attached hydrogens (tertiary/aromatic N) is 4. The van der Waals surface area contributed by atoms with E-state index in [-0.39, 0.29) is 0 Å². The molecule has 0 unspecified atom stereocenters. The van der Waals surface area contributed by atoms with Crippen LogP contribution < -0.4 is 22.3 Å². The Bertz CT molecular complexity index is 922. The molecule has 9 heteroatoms. The van der Waals surface area contributed by atoms with Crippen LogP contribution in [-0.4, -0.2) is 38.4 Å². The lowest BCUT2D eigenvalue weighted by Gasteiger charge is -2.43. The predicted molar refractivity (Wildman–Crippen MR) is 121 cm³/mol. The van der Waals surface area contributed by atoms with Crippen molar-refractivity contribution in [2.75, 3.05) is 11.9 Å². The van der Waals surface area contributed by atoms with Gasteiger partial charge in [0.2, 0.25) is 5.95 Å². The number of hydrogen-bond acceptors (Lipinski definition) is 8. The van der Waals surface area contributed by atoms with Crippen LogP contribution in [0.5, 0.6) is 0 Å². The van der Waals surface area contributed by atoms with Crippen molar-refractivity contribution in [2.45, 2.75) is 44.9 Å². The van der Waals surface area contributed by atoms with Crippen molar-refractivity contribution in [3.8, 4) is 0 Å². The molecule has 31 heavy (non-hydrogen) atoms. The highest BCUT2D eigenvalue weighted by Crippen LogP contribution is 2.31. The van der Waals surface area contributed by atoms with Crippen LogP contribution in [0.15, 0.2) is 67.2 Å². The Morgan fingerprint density at radius 1 is 1.29 bits per heavy atom. The molecule has 3 heterocycles. The van der Waals surface area contributed by atoms with E-state index in [0.717, 1.165) is 49.4 Å². The van der Waals surface area contributed by atoms with Gasteiger partial charge in [-0.3, -0.25) is 10.7 Å². The van der Waals surface area contributed by atoms with Gasteiger partial charge < -0.3 is 21.4 Å². The summed E-state index contributed by atoms with van der Waals surface area (Å²) in [5.41, 5.74) is 12.5. The molecule has 3 rings (SSSR count). The number of piperidine rings is 1. The second kappa shape index (κ2) is 9.76. The zero-order chi connectivity index (χ0) is 22.5. The predicted octanol–water partition coefficient (Wildman–Crippen LogP) is 2.39. The SMILES string of the molecule is C=C(F)/C=C\C(=C)Nc1ncc2c(n1)CN([C@@H]1CCN(C(=C)/C(N)=C/NN)[C@H](C)C1)C2. The average molecular weight is 427 g/mol. The first kappa shape index (κ1) is 22.5. The number of likely N-dealkylation sites (tertiary alicyclic amines) is 1. The van der Waals surface area contributed by atoms with Crippen LogP contribution >= 0.6 is 0 Å². The molecular formula is C22H31FN8. The van der Waals surface area contributed by atoms with Crippen molar-refractivity contribution in [1.82, 2.24) is 25.2 Å². The van der Waals surface area contributed by atoms with Crippen molar-refractivity contribution in [2.24, 2.45) is 11.6 Å². The monoisotopic (exact) mass is 426 g/mol. The fourth-order valence-electron chi connectivity index (χ4n) is 4.09. The summed E-state index contributed by atoms with van der Waals surface area (Å²) in [5, 5.41) is 2.99. The number of anilines is 1. The number of nitrogens with two attached hydrogens (primary N) is 2. The van der Waals surface area contributed by atoms with Gasteiger partial charge in [0, 0.05) is 55.4 Å². The minimum absolute atomic E-state index is 0.309. The molecule has 0 radical (unpaired) electrons. The molecule has 0 spiro atoms. The molecular weight excluding hydrogens is 395 g/mol. The van der Waals surface area contributed by atoms with E-state index in [1.54, 1.807) is 6.20 Å². The molecule has 6 N–H and O–H groups in total. The second-order valence-electron chi connectivity index (χ2n) is 7.93. The van der Waals surface area contributed by atoms with Crippen molar-refractivity contribution in [3.05, 3.63) is 78.5 Å². The van der Waals surface area contributed by atoms with Gasteiger partial charge in [0.05, 0.1) is 17.1 Å². The Kier molecular flexibility index (Phi) is 7.09. The van der Waals surface area contributed by atoms with Crippen LogP contribution in [0.25, 0.3) is 0 Å². The molecule has 8 nitrogen and oxygen atoms in total. The fourth-order valence-corrected chi connectivity index (χ4v) is 4.09. The maximum Gasteiger partial charge on any atom is 0.227 e. The zero-order valence-corrected chi connectivity index (χ0v) is 17.9. The minimum atomic E-state index is -0.535. The second-order valence-corrected chi connectivity index (χ2v) is 7.93. The Labute approximate surface area is 182 Å². The lowest BCUT2D eigenvalue weighted by Crippen LogP contribution is -2.47. The topological polar surface area (TPSA) is 108 Å². The van der Waals surface area contributed by atoms with Gasteiger partial charge in [0.15, 0.2) is 0 Å². The summed E-state index contributed by atoms with van der Waals surface area (Å²) in [5.74, 6) is 5.25. The number of aromatic nitrogens is 2. The van der Waals surface area contributed by atoms with E-state index >= 15 is 0 Å². The van der Waals surface area contributed by atoms with E-state index in [0.29, 0.717) is 29.4 Å². The lowest BCUT2D eigenvalue weighted by atomic mass is 9.96. The van der Waals surface area contributed by atoms with E-state index in [1.165, 1.54) is 12.2 Å². The summed E-state index contributed by atoms with van der Waals surface area (Å²) in [6.07, 6.45) is 8.16. The van der Waals surface area contributed by atoms with Crippen LogP contribution in [0, 0.1) is 0 Å². The van der Waals surface area contributed by atoms with E-state index < -0.39 is 5.83 Å². The number of fused-ring (bicyclic) bond motifs is 1. The van der Waals surface area contributed by atoms with Gasteiger partial charge in [0.1, 0.15) is 5.83 Å². The number of nitrogens with one attached hydrogen (secondary N) is 2. The molecule has 0 amide bonds. The van der Waals surface area contributed by atoms with Gasteiger partial charge >= 0.3 is 0 Å². The summed E-state index contributed by atoms with van der Waals surface area (Å²) in [6.45, 7) is 15.8. The molecule has 1 aromatic heterocycles. The quantitative estimate of drug-likeness (QED) is 0.285. The maximum atomic E-state index is 12.8. The molecule has 0 bridgehead atoms. The Morgan fingerprint density at radius 2 is 2.06 bits per heavy atom. The first-order valence-electron chi connectivity index (χ1n) is 10.2. The van der Waals surface area contributed by atoms with Crippen LogP contribution in [-0.2, 0) is 13.1 Å². The molecule has 1 fully saturated rings. The maximum absolute atomic E-state index is 12.8. The van der Waals surface area contributed by atoms with Crippen LogP contribution in [0.4, 0.5) is 10.3 Å². The van der Waals surface area contributed by atoms with Crippen LogP contribution in [0.2, 0.25) is 0 Å². The van der Waals surface area contributed by atoms with Gasteiger partial charge in [0.25, 0.3) is 0 Å². The summed E-state index contributed by atoms with van der Waals surface area (Å²) in [7, 11) is 0. The van der Waals surface area contributed by atoms with Crippen molar-refractivity contribution in [3.63, 3.8) is 0 Å². The third kappa shape index (κ3) is 5.50. The van der Waals surface area contributed by atoms with Gasteiger partial charge in [-0.1, -0.05) is 19.7 Å². The largest absolute Gasteiger partial charge is 0.396 e. The molecule has 1 aromatic rings. The Morgan fingerprint density at radius 3 is 2.74 bits per heavy atom. The highest BCUT2D eigenvalue weighted by atomic mass is 19.1. The number of hydrogen-bond donors (Lipinski definition) is 4. The van der Waals surface area contributed by atoms with Crippen molar-refractivity contribution >= 4 is 5.95 Å². The van der Waals surface area contributed by atoms with Gasteiger partial charge in [-0.2, -0.15) is 0 Å². The van der Waals surface area contributed by atoms with Crippen LogP contribution in [0.1, 0.15) is 31.0 Å². The number of hydrazine groups is 1. The summed E-state index contributed by atoms with van der Waals surface area (Å²) < 4.78 is 12.8. The van der Waals surface area contributed by atoms with Crippen molar-refractivity contribution in [1.29, 1.82) is 0 Å². The first-order chi connectivity index (χ1) is 14.8. The highest BCUT2D eigenvalue weighted by molar-refractivity contribution is 5.41. The third-order valence-corrected chi connectivity index (χ3v) is 5.70. The molecule has 2 aliphatic rings. The highest BCUT2D eigenvalue weighted by Gasteiger charge is 2.33. The third-order valence-electron chi connectivity index (χ3n) is 5.70. The Hall–Kier alpha value is -3.17. The Balaban J connectivity index is 1.59. The standard InChI is InChI=1S/C22H31FN8/c1-14(23)5-6-15(2)28-22-26-10-18-12-30(13-21(18)29-22)19-7-8-31(16(3)9-19)17(4)20(24)11-27-25/h5-6,10-11,16,19,27H,1-2,4,7-9,12-13,24-25H2,3H3,(H,26,28,29)/b6-5-,20-11-/t16-,19-/m1/s1. The molecule has 2 aliphatic heterocycles. The molecule has 1 saturated heterocycles. The zero-order valence-electron chi connectivity index (χ0n) is 17.9. The first-order valence-corrected chi connectivity index (χ1v) is 10.2. The van der Waals surface area contributed by atoms with Gasteiger partial charge in [-0.25, -0.2) is 14.4 Å². The van der Waals surface area contributed by atoms with E-state index in [1.807, 2.05) is 6.20 Å².